The fourth-order valence-corrected chi connectivity index (χ4v) is 1.81. The number of benzene rings is 2. The summed E-state index contributed by atoms with van der Waals surface area (Å²) >= 11 is 0. The van der Waals surface area contributed by atoms with Crippen LogP contribution in [0.1, 0.15) is 11.7 Å². The second-order valence-corrected chi connectivity index (χ2v) is 4.77. The molecule has 0 spiro atoms. The summed E-state index contributed by atoms with van der Waals surface area (Å²) in [5, 5.41) is 9.99. The average Bonchev–Trinajstić information content (AvgIpc) is 2.46. The molecule has 0 radical (unpaired) electrons. The van der Waals surface area contributed by atoms with Crippen LogP contribution in [0.3, 0.4) is 0 Å². The standard InChI is InChI=1S/C16H18FNO2/c1-18(2)14-4-3-5-15(10-14)20-11-16(19)12-6-8-13(17)9-7-12/h3-10,16,19H,11H2,1-2H3. The van der Waals surface area contributed by atoms with Gasteiger partial charge in [-0.2, -0.15) is 0 Å². The van der Waals surface area contributed by atoms with Crippen LogP contribution in [0.15, 0.2) is 48.5 Å². The minimum atomic E-state index is -0.779. The van der Waals surface area contributed by atoms with Gasteiger partial charge in [-0.15, -0.1) is 0 Å². The molecule has 1 N–H and O–H groups in total. The van der Waals surface area contributed by atoms with Crippen LogP contribution in [-0.4, -0.2) is 25.8 Å². The fraction of sp³-hybridized carbons (Fsp3) is 0.250. The van der Waals surface area contributed by atoms with Gasteiger partial charge in [-0.05, 0) is 29.8 Å². The van der Waals surface area contributed by atoms with Crippen LogP contribution >= 0.6 is 0 Å². The predicted octanol–water partition coefficient (Wildman–Crippen LogP) is 3.00. The van der Waals surface area contributed by atoms with E-state index < -0.39 is 6.10 Å². The van der Waals surface area contributed by atoms with Crippen LogP contribution < -0.4 is 9.64 Å². The third-order valence-corrected chi connectivity index (χ3v) is 3.00. The van der Waals surface area contributed by atoms with Crippen LogP contribution in [0, 0.1) is 5.82 Å². The van der Waals surface area contributed by atoms with Gasteiger partial charge in [0.2, 0.25) is 0 Å². The number of hydrogen-bond donors (Lipinski definition) is 1. The van der Waals surface area contributed by atoms with E-state index in [-0.39, 0.29) is 12.4 Å². The van der Waals surface area contributed by atoms with Crippen LogP contribution in [0.4, 0.5) is 10.1 Å². The first kappa shape index (κ1) is 14.3. The fourth-order valence-electron chi connectivity index (χ4n) is 1.81. The summed E-state index contributed by atoms with van der Waals surface area (Å²) in [6.07, 6.45) is -0.779. The number of aliphatic hydroxyl groups excluding tert-OH is 1. The average molecular weight is 275 g/mol. The van der Waals surface area contributed by atoms with Gasteiger partial charge in [0.1, 0.15) is 24.3 Å². The molecule has 1 unspecified atom stereocenters. The molecule has 1 atom stereocenters. The second-order valence-electron chi connectivity index (χ2n) is 4.77. The Labute approximate surface area is 118 Å². The Bertz CT molecular complexity index is 555. The topological polar surface area (TPSA) is 32.7 Å². The van der Waals surface area contributed by atoms with Gasteiger partial charge in [0, 0.05) is 25.8 Å². The van der Waals surface area contributed by atoms with E-state index in [9.17, 15) is 9.50 Å². The van der Waals surface area contributed by atoms with Crippen molar-refractivity contribution in [3.8, 4) is 5.75 Å². The largest absolute Gasteiger partial charge is 0.490 e. The Balaban J connectivity index is 1.97. The maximum atomic E-state index is 12.8. The smallest absolute Gasteiger partial charge is 0.123 e. The van der Waals surface area contributed by atoms with Crippen LogP contribution in [0.25, 0.3) is 0 Å². The molecule has 2 aromatic carbocycles. The van der Waals surface area contributed by atoms with E-state index in [1.807, 2.05) is 43.3 Å². The molecule has 0 saturated carbocycles. The first-order chi connectivity index (χ1) is 9.56. The molecule has 0 amide bonds. The van der Waals surface area contributed by atoms with Crippen LogP contribution in [0.2, 0.25) is 0 Å². The molecular weight excluding hydrogens is 257 g/mol. The Morgan fingerprint density at radius 2 is 1.85 bits per heavy atom. The van der Waals surface area contributed by atoms with Gasteiger partial charge in [-0.1, -0.05) is 18.2 Å². The Kier molecular flexibility index (Phi) is 4.58. The summed E-state index contributed by atoms with van der Waals surface area (Å²) in [6, 6.07) is 13.4. The molecule has 0 fully saturated rings. The van der Waals surface area contributed by atoms with E-state index in [1.165, 1.54) is 12.1 Å². The predicted molar refractivity (Wildman–Crippen MR) is 77.6 cm³/mol. The van der Waals surface area contributed by atoms with Crippen LogP contribution in [0.5, 0.6) is 5.75 Å². The van der Waals surface area contributed by atoms with Gasteiger partial charge >= 0.3 is 0 Å². The van der Waals surface area contributed by atoms with Crippen molar-refractivity contribution in [2.75, 3.05) is 25.6 Å². The number of halogens is 1. The summed E-state index contributed by atoms with van der Waals surface area (Å²) in [6.45, 7) is 0.127. The van der Waals surface area contributed by atoms with Gasteiger partial charge in [0.05, 0.1) is 0 Å². The normalized spacial score (nSPS) is 12.0. The van der Waals surface area contributed by atoms with Crippen molar-refractivity contribution in [1.29, 1.82) is 0 Å². The summed E-state index contributed by atoms with van der Waals surface area (Å²) in [5.74, 6) is 0.373. The number of aliphatic hydroxyl groups is 1. The second kappa shape index (κ2) is 6.39. The highest BCUT2D eigenvalue weighted by atomic mass is 19.1. The lowest BCUT2D eigenvalue weighted by Gasteiger charge is -2.16. The lowest BCUT2D eigenvalue weighted by atomic mass is 10.1. The zero-order valence-corrected chi connectivity index (χ0v) is 11.6. The Hall–Kier alpha value is -2.07. The third-order valence-electron chi connectivity index (χ3n) is 3.00. The number of hydrogen-bond acceptors (Lipinski definition) is 3. The van der Waals surface area contributed by atoms with E-state index in [0.717, 1.165) is 5.69 Å². The molecule has 20 heavy (non-hydrogen) atoms. The molecule has 0 saturated heterocycles. The van der Waals surface area contributed by atoms with Crippen molar-refractivity contribution >= 4 is 5.69 Å². The van der Waals surface area contributed by atoms with Crippen molar-refractivity contribution < 1.29 is 14.2 Å². The molecule has 106 valence electrons. The lowest BCUT2D eigenvalue weighted by molar-refractivity contribution is 0.108. The molecular formula is C16H18FNO2. The van der Waals surface area contributed by atoms with E-state index >= 15 is 0 Å². The summed E-state index contributed by atoms with van der Waals surface area (Å²) < 4.78 is 18.4. The SMILES string of the molecule is CN(C)c1cccc(OCC(O)c2ccc(F)cc2)c1. The first-order valence-electron chi connectivity index (χ1n) is 6.40. The van der Waals surface area contributed by atoms with E-state index in [2.05, 4.69) is 0 Å². The minimum Gasteiger partial charge on any atom is -0.490 e. The molecule has 0 aliphatic carbocycles. The van der Waals surface area contributed by atoms with Crippen molar-refractivity contribution in [2.45, 2.75) is 6.10 Å². The number of nitrogens with zero attached hydrogens (tertiary/aromatic N) is 1. The molecule has 2 aromatic rings. The molecule has 0 aromatic heterocycles. The maximum absolute atomic E-state index is 12.8. The van der Waals surface area contributed by atoms with Gasteiger partial charge in [-0.25, -0.2) is 4.39 Å². The quantitative estimate of drug-likeness (QED) is 0.910. The van der Waals surface area contributed by atoms with E-state index in [4.69, 9.17) is 4.74 Å². The highest BCUT2D eigenvalue weighted by Gasteiger charge is 2.09. The number of anilines is 1. The highest BCUT2D eigenvalue weighted by Crippen LogP contribution is 2.21. The van der Waals surface area contributed by atoms with E-state index in [1.54, 1.807) is 12.1 Å². The Morgan fingerprint density at radius 3 is 2.50 bits per heavy atom. The first-order valence-corrected chi connectivity index (χ1v) is 6.40. The van der Waals surface area contributed by atoms with Crippen molar-refractivity contribution in [1.82, 2.24) is 0 Å². The zero-order valence-electron chi connectivity index (χ0n) is 11.6. The van der Waals surface area contributed by atoms with Gasteiger partial charge in [0.15, 0.2) is 0 Å². The monoisotopic (exact) mass is 275 g/mol. The zero-order chi connectivity index (χ0) is 14.5. The summed E-state index contributed by atoms with van der Waals surface area (Å²) in [4.78, 5) is 1.98. The number of ether oxygens (including phenoxy) is 1. The van der Waals surface area contributed by atoms with Gasteiger partial charge in [0.25, 0.3) is 0 Å². The molecule has 0 bridgehead atoms. The third kappa shape index (κ3) is 3.71. The van der Waals surface area contributed by atoms with Gasteiger partial charge in [-0.3, -0.25) is 0 Å². The lowest BCUT2D eigenvalue weighted by Crippen LogP contribution is -2.11. The summed E-state index contributed by atoms with van der Waals surface area (Å²) in [7, 11) is 3.90. The molecule has 0 aliphatic heterocycles. The highest BCUT2D eigenvalue weighted by molar-refractivity contribution is 5.49. The molecule has 3 nitrogen and oxygen atoms in total. The molecule has 4 heteroatoms. The van der Waals surface area contributed by atoms with Crippen molar-refractivity contribution in [3.05, 3.63) is 59.9 Å². The Morgan fingerprint density at radius 1 is 1.15 bits per heavy atom. The maximum Gasteiger partial charge on any atom is 0.123 e. The molecule has 0 heterocycles. The van der Waals surface area contributed by atoms with Gasteiger partial charge < -0.3 is 14.7 Å². The minimum absolute atomic E-state index is 0.127. The summed E-state index contributed by atoms with van der Waals surface area (Å²) in [5.41, 5.74) is 1.66. The number of rotatable bonds is 5. The van der Waals surface area contributed by atoms with Crippen molar-refractivity contribution in [2.24, 2.45) is 0 Å². The molecule has 2 rings (SSSR count). The van der Waals surface area contributed by atoms with E-state index in [0.29, 0.717) is 11.3 Å². The van der Waals surface area contributed by atoms with Crippen molar-refractivity contribution in [3.63, 3.8) is 0 Å². The van der Waals surface area contributed by atoms with Crippen LogP contribution in [-0.2, 0) is 0 Å². The molecule has 0 aliphatic rings.